The van der Waals surface area contributed by atoms with Crippen molar-refractivity contribution < 1.29 is 55.2 Å². The Balaban J connectivity index is -0.000000455. The molecule has 3 aromatic carbocycles. The van der Waals surface area contributed by atoms with Crippen LogP contribution >= 0.6 is 34.8 Å². The van der Waals surface area contributed by atoms with Gasteiger partial charge in [-0.3, -0.25) is 14.4 Å². The zero-order valence-electron chi connectivity index (χ0n) is 21.7. The third kappa shape index (κ3) is 30.5. The van der Waals surface area contributed by atoms with Crippen molar-refractivity contribution in [1.29, 1.82) is 0 Å². The predicted molar refractivity (Wildman–Crippen MR) is 160 cm³/mol. The molecule has 0 saturated carbocycles. The van der Waals surface area contributed by atoms with Crippen molar-refractivity contribution in [3.63, 3.8) is 0 Å². The summed E-state index contributed by atoms with van der Waals surface area (Å²) in [5.74, 6) is 0.233. The van der Waals surface area contributed by atoms with Crippen LogP contribution in [0.5, 0.6) is 0 Å². The van der Waals surface area contributed by atoms with Crippen molar-refractivity contribution in [3.05, 3.63) is 126 Å². The Morgan fingerprint density at radius 3 is 0.821 bits per heavy atom. The SMILES string of the molecule is CC(=O)C=Cc1ccccc1.CC(=O)C=Cc1ccccc1.CC(=O)C=Cc1ccccc1.ClC(Cl)Cl.[Pd].[Pd]. The fourth-order valence-corrected chi connectivity index (χ4v) is 2.33. The van der Waals surface area contributed by atoms with E-state index in [-0.39, 0.29) is 58.2 Å². The molecule has 0 aliphatic heterocycles. The molecule has 214 valence electrons. The molecule has 39 heavy (non-hydrogen) atoms. The van der Waals surface area contributed by atoms with Gasteiger partial charge in [0.1, 0.15) is 0 Å². The summed E-state index contributed by atoms with van der Waals surface area (Å²) in [6.07, 6.45) is 10.1. The van der Waals surface area contributed by atoms with Gasteiger partial charge in [0.05, 0.1) is 0 Å². The molecule has 0 spiro atoms. The Bertz CT molecular complexity index is 989. The van der Waals surface area contributed by atoms with Gasteiger partial charge < -0.3 is 0 Å². The molecular formula is C31H31Cl3O3Pd2. The molecule has 0 fully saturated rings. The van der Waals surface area contributed by atoms with Crippen LogP contribution in [-0.2, 0) is 55.2 Å². The van der Waals surface area contributed by atoms with Crippen molar-refractivity contribution in [3.8, 4) is 0 Å². The zero-order valence-corrected chi connectivity index (χ0v) is 27.1. The monoisotopic (exact) mass is 768 g/mol. The molecule has 0 aliphatic carbocycles. The number of carbonyl (C=O) groups excluding carboxylic acids is 3. The van der Waals surface area contributed by atoms with Crippen molar-refractivity contribution in [2.45, 2.75) is 25.1 Å². The summed E-state index contributed by atoms with van der Waals surface area (Å²) in [6, 6.07) is 29.3. The predicted octanol–water partition coefficient (Wildman–Crippen LogP) is 8.85. The van der Waals surface area contributed by atoms with E-state index in [1.54, 1.807) is 39.0 Å². The van der Waals surface area contributed by atoms with Crippen molar-refractivity contribution in [2.24, 2.45) is 0 Å². The number of hydrogen-bond donors (Lipinski definition) is 0. The summed E-state index contributed by atoms with van der Waals surface area (Å²) in [7, 11) is 0. The molecule has 0 radical (unpaired) electrons. The topological polar surface area (TPSA) is 51.2 Å². The average Bonchev–Trinajstić information content (AvgIpc) is 2.87. The first-order valence-corrected chi connectivity index (χ1v) is 12.5. The third-order valence-corrected chi connectivity index (χ3v) is 3.93. The largest absolute Gasteiger partial charge is 0.295 e. The Labute approximate surface area is 274 Å². The Kier molecular flexibility index (Phi) is 29.5. The molecule has 0 aromatic heterocycles. The molecule has 0 aliphatic rings. The van der Waals surface area contributed by atoms with Gasteiger partial charge in [0.15, 0.2) is 21.6 Å². The molecule has 3 rings (SSSR count). The summed E-state index contributed by atoms with van der Waals surface area (Å²) in [4.78, 5) is 31.6. The number of hydrogen-bond acceptors (Lipinski definition) is 3. The standard InChI is InChI=1S/3C10H10O.CHCl3.2Pd/c3*1-9(11)7-8-10-5-3-2-4-6-10;2-1(3)4;;/h3*2-8H,1H3;1H;;. The minimum Gasteiger partial charge on any atom is -0.295 e. The Hall–Kier alpha value is -1.92. The molecule has 0 bridgehead atoms. The van der Waals surface area contributed by atoms with Gasteiger partial charge in [0.25, 0.3) is 0 Å². The summed E-state index contributed by atoms with van der Waals surface area (Å²) < 4.78 is -0.750. The Morgan fingerprint density at radius 2 is 0.667 bits per heavy atom. The molecule has 0 N–H and O–H groups in total. The first-order chi connectivity index (χ1) is 17.6. The van der Waals surface area contributed by atoms with Crippen LogP contribution in [0.1, 0.15) is 37.5 Å². The van der Waals surface area contributed by atoms with Gasteiger partial charge in [0.2, 0.25) is 0 Å². The van der Waals surface area contributed by atoms with Crippen LogP contribution in [0, 0.1) is 0 Å². The van der Waals surface area contributed by atoms with E-state index < -0.39 is 4.30 Å². The van der Waals surface area contributed by atoms with E-state index in [0.29, 0.717) is 0 Å². The van der Waals surface area contributed by atoms with Crippen LogP contribution < -0.4 is 0 Å². The van der Waals surface area contributed by atoms with Gasteiger partial charge in [-0.1, -0.05) is 144 Å². The summed E-state index contributed by atoms with van der Waals surface area (Å²) in [5, 5.41) is 0. The van der Waals surface area contributed by atoms with E-state index in [2.05, 4.69) is 0 Å². The molecule has 0 unspecified atom stereocenters. The van der Waals surface area contributed by atoms with Crippen molar-refractivity contribution >= 4 is 70.4 Å². The first-order valence-electron chi connectivity index (χ1n) is 11.2. The number of allylic oxidation sites excluding steroid dienone is 3. The number of halogens is 3. The van der Waals surface area contributed by atoms with E-state index in [1.165, 1.54) is 0 Å². The number of benzene rings is 3. The minimum absolute atomic E-state index is 0. The summed E-state index contributed by atoms with van der Waals surface area (Å²) in [6.45, 7) is 4.62. The van der Waals surface area contributed by atoms with Crippen LogP contribution in [0.15, 0.2) is 109 Å². The maximum Gasteiger partial charge on any atom is 0.180 e. The van der Waals surface area contributed by atoms with Crippen LogP contribution in [0.25, 0.3) is 18.2 Å². The van der Waals surface area contributed by atoms with E-state index in [4.69, 9.17) is 34.8 Å². The second-order valence-electron chi connectivity index (χ2n) is 7.31. The van der Waals surface area contributed by atoms with Crippen LogP contribution in [0.4, 0.5) is 0 Å². The molecule has 0 atom stereocenters. The van der Waals surface area contributed by atoms with Crippen molar-refractivity contribution in [1.82, 2.24) is 0 Å². The van der Waals surface area contributed by atoms with Crippen LogP contribution in [0.2, 0.25) is 0 Å². The molecule has 0 heterocycles. The van der Waals surface area contributed by atoms with Gasteiger partial charge >= 0.3 is 0 Å². The fraction of sp³-hybridized carbons (Fsp3) is 0.129. The van der Waals surface area contributed by atoms with E-state index in [0.717, 1.165) is 16.7 Å². The average molecular weight is 771 g/mol. The van der Waals surface area contributed by atoms with Gasteiger partial charge in [-0.25, -0.2) is 0 Å². The second kappa shape index (κ2) is 27.6. The maximum atomic E-state index is 10.5. The number of carbonyl (C=O) groups is 3. The van der Waals surface area contributed by atoms with Gasteiger partial charge in [0, 0.05) is 40.8 Å². The van der Waals surface area contributed by atoms with Crippen LogP contribution in [-0.4, -0.2) is 21.6 Å². The van der Waals surface area contributed by atoms with E-state index in [1.807, 2.05) is 109 Å². The zero-order chi connectivity index (χ0) is 27.9. The summed E-state index contributed by atoms with van der Waals surface area (Å²) >= 11 is 14.4. The molecule has 3 nitrogen and oxygen atoms in total. The number of ketones is 3. The smallest absolute Gasteiger partial charge is 0.180 e. The third-order valence-electron chi connectivity index (χ3n) is 3.93. The molecule has 0 saturated heterocycles. The second-order valence-corrected chi connectivity index (χ2v) is 9.29. The molecule has 3 aromatic rings. The molecular weight excluding hydrogens is 740 g/mol. The van der Waals surface area contributed by atoms with Crippen molar-refractivity contribution in [2.75, 3.05) is 0 Å². The number of alkyl halides is 3. The number of rotatable bonds is 6. The summed E-state index contributed by atoms with van der Waals surface area (Å²) in [5.41, 5.74) is 3.17. The van der Waals surface area contributed by atoms with Gasteiger partial charge in [-0.05, 0) is 55.7 Å². The fourth-order valence-electron chi connectivity index (χ4n) is 2.33. The minimum atomic E-state index is -0.750. The Morgan fingerprint density at radius 1 is 0.487 bits per heavy atom. The first kappa shape index (κ1) is 41.6. The normalized spacial score (nSPS) is 9.62. The molecule has 8 heteroatoms. The van der Waals surface area contributed by atoms with Gasteiger partial charge in [-0.15, -0.1) is 0 Å². The van der Waals surface area contributed by atoms with Crippen LogP contribution in [0.3, 0.4) is 0 Å². The maximum absolute atomic E-state index is 10.5. The van der Waals surface area contributed by atoms with E-state index in [9.17, 15) is 14.4 Å². The van der Waals surface area contributed by atoms with E-state index >= 15 is 0 Å². The van der Waals surface area contributed by atoms with Gasteiger partial charge in [-0.2, -0.15) is 0 Å². The quantitative estimate of drug-likeness (QED) is 0.143. The molecule has 0 amide bonds.